The van der Waals surface area contributed by atoms with E-state index in [2.05, 4.69) is 15.5 Å². The zero-order valence-corrected chi connectivity index (χ0v) is 11.5. The van der Waals surface area contributed by atoms with Crippen LogP contribution in [0.15, 0.2) is 22.7 Å². The van der Waals surface area contributed by atoms with E-state index >= 15 is 0 Å². The Balaban J connectivity index is 1.88. The Morgan fingerprint density at radius 3 is 2.84 bits per heavy atom. The predicted octanol–water partition coefficient (Wildman–Crippen LogP) is 2.91. The van der Waals surface area contributed by atoms with E-state index in [-0.39, 0.29) is 12.3 Å². The number of anilines is 1. The van der Waals surface area contributed by atoms with Crippen molar-refractivity contribution in [3.8, 4) is 0 Å². The van der Waals surface area contributed by atoms with E-state index < -0.39 is 0 Å². The van der Waals surface area contributed by atoms with Crippen molar-refractivity contribution in [3.05, 3.63) is 40.5 Å². The van der Waals surface area contributed by atoms with Crippen LogP contribution in [-0.4, -0.2) is 16.0 Å². The maximum Gasteiger partial charge on any atom is 0.227 e. The molecule has 2 aromatic rings. The number of hydrogen-bond acceptors (Lipinski definition) is 4. The average Bonchev–Trinajstić information content (AvgIpc) is 2.77. The smallest absolute Gasteiger partial charge is 0.227 e. The normalized spacial score (nSPS) is 10.5. The number of aryl methyl sites for hydroxylation is 3. The summed E-state index contributed by atoms with van der Waals surface area (Å²) in [6, 6.07) is 5.40. The molecule has 0 bridgehead atoms. The highest BCUT2D eigenvalue weighted by atomic mass is 35.5. The highest BCUT2D eigenvalue weighted by molar-refractivity contribution is 6.31. The van der Waals surface area contributed by atoms with Gasteiger partial charge in [0.05, 0.1) is 0 Å². The number of carbonyl (C=O) groups is 1. The Morgan fingerprint density at radius 1 is 1.42 bits per heavy atom. The Bertz CT molecular complexity index is 595. The fraction of sp³-hybridized carbons (Fsp3) is 0.308. The first kappa shape index (κ1) is 13.5. The van der Waals surface area contributed by atoms with Gasteiger partial charge < -0.3 is 9.84 Å². The van der Waals surface area contributed by atoms with Gasteiger partial charge in [0, 0.05) is 23.6 Å². The minimum atomic E-state index is -0.115. The molecule has 0 radical (unpaired) electrons. The molecule has 19 heavy (non-hydrogen) atoms. The molecule has 0 saturated heterocycles. The van der Waals surface area contributed by atoms with Crippen molar-refractivity contribution in [1.29, 1.82) is 0 Å². The van der Waals surface area contributed by atoms with Crippen molar-refractivity contribution in [2.45, 2.75) is 26.7 Å². The molecule has 1 amide bonds. The van der Waals surface area contributed by atoms with Gasteiger partial charge in [-0.25, -0.2) is 0 Å². The van der Waals surface area contributed by atoms with Crippen molar-refractivity contribution >= 4 is 23.2 Å². The standard InChI is InChI=1S/C13H14ClN3O2/c1-8-3-4-10(7-11(8)14)16-12(18)5-6-13-15-9(2)17-19-13/h3-4,7H,5-6H2,1-2H3,(H,16,18). The molecule has 6 heteroatoms. The van der Waals surface area contributed by atoms with Gasteiger partial charge in [0.15, 0.2) is 5.82 Å². The van der Waals surface area contributed by atoms with E-state index in [0.717, 1.165) is 5.56 Å². The molecule has 100 valence electrons. The second kappa shape index (κ2) is 5.84. The summed E-state index contributed by atoms with van der Waals surface area (Å²) in [7, 11) is 0. The predicted molar refractivity (Wildman–Crippen MR) is 72.2 cm³/mol. The van der Waals surface area contributed by atoms with Crippen LogP contribution < -0.4 is 5.32 Å². The van der Waals surface area contributed by atoms with Crippen LogP contribution in [0.1, 0.15) is 23.7 Å². The third-order valence-electron chi connectivity index (χ3n) is 2.59. The van der Waals surface area contributed by atoms with Gasteiger partial charge in [-0.1, -0.05) is 22.8 Å². The van der Waals surface area contributed by atoms with Crippen LogP contribution in [0.4, 0.5) is 5.69 Å². The number of rotatable bonds is 4. The topological polar surface area (TPSA) is 68.0 Å². The molecule has 5 nitrogen and oxygen atoms in total. The number of nitrogens with zero attached hydrogens (tertiary/aromatic N) is 2. The second-order valence-corrected chi connectivity index (χ2v) is 4.65. The van der Waals surface area contributed by atoms with E-state index in [1.54, 1.807) is 13.0 Å². The lowest BCUT2D eigenvalue weighted by Crippen LogP contribution is -2.12. The summed E-state index contributed by atoms with van der Waals surface area (Å²) < 4.78 is 4.94. The van der Waals surface area contributed by atoms with E-state index in [4.69, 9.17) is 16.1 Å². The lowest BCUT2D eigenvalue weighted by atomic mass is 10.2. The SMILES string of the molecule is Cc1noc(CCC(=O)Nc2ccc(C)c(Cl)c2)n1. The molecule has 2 rings (SSSR count). The summed E-state index contributed by atoms with van der Waals surface area (Å²) in [6.07, 6.45) is 0.708. The van der Waals surface area contributed by atoms with Gasteiger partial charge in [-0.15, -0.1) is 0 Å². The van der Waals surface area contributed by atoms with E-state index in [0.29, 0.717) is 28.8 Å². The minimum absolute atomic E-state index is 0.115. The third-order valence-corrected chi connectivity index (χ3v) is 3.00. The molecular formula is C13H14ClN3O2. The molecule has 0 aliphatic carbocycles. The van der Waals surface area contributed by atoms with Gasteiger partial charge in [0.2, 0.25) is 11.8 Å². The Kier molecular flexibility index (Phi) is 4.16. The summed E-state index contributed by atoms with van der Waals surface area (Å²) >= 11 is 5.99. The summed E-state index contributed by atoms with van der Waals surface area (Å²) in [5.41, 5.74) is 1.66. The number of hydrogen-bond donors (Lipinski definition) is 1. The summed E-state index contributed by atoms with van der Waals surface area (Å²) in [4.78, 5) is 15.8. The molecule has 1 aromatic carbocycles. The fourth-order valence-corrected chi connectivity index (χ4v) is 1.74. The fourth-order valence-electron chi connectivity index (χ4n) is 1.56. The van der Waals surface area contributed by atoms with Crippen molar-refractivity contribution in [1.82, 2.24) is 10.1 Å². The van der Waals surface area contributed by atoms with Crippen LogP contribution in [0.5, 0.6) is 0 Å². The maximum absolute atomic E-state index is 11.7. The van der Waals surface area contributed by atoms with Crippen molar-refractivity contribution < 1.29 is 9.32 Å². The first-order chi connectivity index (χ1) is 9.04. The lowest BCUT2D eigenvalue weighted by molar-refractivity contribution is -0.116. The lowest BCUT2D eigenvalue weighted by Gasteiger charge is -2.05. The van der Waals surface area contributed by atoms with Crippen molar-refractivity contribution in [2.24, 2.45) is 0 Å². The summed E-state index contributed by atoms with van der Waals surface area (Å²) in [5.74, 6) is 0.922. The van der Waals surface area contributed by atoms with Crippen LogP contribution in [0.3, 0.4) is 0 Å². The van der Waals surface area contributed by atoms with Crippen LogP contribution in [-0.2, 0) is 11.2 Å². The third kappa shape index (κ3) is 3.79. The minimum Gasteiger partial charge on any atom is -0.339 e. The molecule has 0 aliphatic heterocycles. The number of halogens is 1. The molecule has 1 N–H and O–H groups in total. The van der Waals surface area contributed by atoms with Gasteiger partial charge in [0.25, 0.3) is 0 Å². The Hall–Kier alpha value is -1.88. The first-order valence-corrected chi connectivity index (χ1v) is 6.27. The van der Waals surface area contributed by atoms with E-state index in [1.165, 1.54) is 0 Å². The Labute approximate surface area is 116 Å². The highest BCUT2D eigenvalue weighted by Crippen LogP contribution is 2.20. The molecule has 1 heterocycles. The van der Waals surface area contributed by atoms with Gasteiger partial charge in [-0.3, -0.25) is 4.79 Å². The number of amides is 1. The van der Waals surface area contributed by atoms with Crippen LogP contribution in [0.25, 0.3) is 0 Å². The molecular weight excluding hydrogens is 266 g/mol. The highest BCUT2D eigenvalue weighted by Gasteiger charge is 2.08. The van der Waals surface area contributed by atoms with E-state index in [9.17, 15) is 4.79 Å². The summed E-state index contributed by atoms with van der Waals surface area (Å²) in [5, 5.41) is 7.07. The van der Waals surface area contributed by atoms with Crippen molar-refractivity contribution in [2.75, 3.05) is 5.32 Å². The van der Waals surface area contributed by atoms with Gasteiger partial charge >= 0.3 is 0 Å². The molecule has 0 spiro atoms. The van der Waals surface area contributed by atoms with Crippen LogP contribution >= 0.6 is 11.6 Å². The van der Waals surface area contributed by atoms with Gasteiger partial charge in [0.1, 0.15) is 0 Å². The number of nitrogens with one attached hydrogen (secondary N) is 1. The number of benzene rings is 1. The van der Waals surface area contributed by atoms with Crippen molar-refractivity contribution in [3.63, 3.8) is 0 Å². The van der Waals surface area contributed by atoms with Crippen LogP contribution in [0.2, 0.25) is 5.02 Å². The first-order valence-electron chi connectivity index (χ1n) is 5.90. The molecule has 1 aromatic heterocycles. The second-order valence-electron chi connectivity index (χ2n) is 4.25. The molecule has 0 unspecified atom stereocenters. The van der Waals surface area contributed by atoms with Gasteiger partial charge in [-0.05, 0) is 31.5 Å². The average molecular weight is 280 g/mol. The summed E-state index contributed by atoms with van der Waals surface area (Å²) in [6.45, 7) is 3.65. The monoisotopic (exact) mass is 279 g/mol. The number of carbonyl (C=O) groups excluding carboxylic acids is 1. The zero-order chi connectivity index (χ0) is 13.8. The largest absolute Gasteiger partial charge is 0.339 e. The zero-order valence-electron chi connectivity index (χ0n) is 10.7. The maximum atomic E-state index is 11.7. The Morgan fingerprint density at radius 2 is 2.21 bits per heavy atom. The molecule has 0 fully saturated rings. The molecule has 0 saturated carbocycles. The van der Waals surface area contributed by atoms with Crippen LogP contribution in [0, 0.1) is 13.8 Å². The van der Waals surface area contributed by atoms with E-state index in [1.807, 2.05) is 19.1 Å². The molecule has 0 aliphatic rings. The number of aromatic nitrogens is 2. The quantitative estimate of drug-likeness (QED) is 0.934. The molecule has 0 atom stereocenters. The van der Waals surface area contributed by atoms with Gasteiger partial charge in [-0.2, -0.15) is 4.98 Å².